The van der Waals surface area contributed by atoms with Crippen molar-refractivity contribution in [3.8, 4) is 0 Å². The molecular formula is C9H9BrF3NO. The molecule has 1 rings (SSSR count). The third-order valence-corrected chi connectivity index (χ3v) is 2.65. The van der Waals surface area contributed by atoms with Gasteiger partial charge in [-0.3, -0.25) is 0 Å². The lowest BCUT2D eigenvalue weighted by molar-refractivity contribution is -0.0713. The molecule has 0 radical (unpaired) electrons. The van der Waals surface area contributed by atoms with Crippen molar-refractivity contribution < 1.29 is 18.3 Å². The SMILES string of the molecule is N[C@@H](c1ccc(F)cc1Br)C(F)(F)CO. The van der Waals surface area contributed by atoms with E-state index in [1.165, 1.54) is 0 Å². The first-order chi connectivity index (χ1) is 6.88. The summed E-state index contributed by atoms with van der Waals surface area (Å²) in [6, 6.07) is 1.57. The highest BCUT2D eigenvalue weighted by molar-refractivity contribution is 9.10. The molecular weight excluding hydrogens is 275 g/mol. The highest BCUT2D eigenvalue weighted by Gasteiger charge is 2.38. The lowest BCUT2D eigenvalue weighted by Crippen LogP contribution is -2.36. The van der Waals surface area contributed by atoms with E-state index in [1.807, 2.05) is 0 Å². The van der Waals surface area contributed by atoms with Gasteiger partial charge in [0.05, 0.1) is 6.04 Å². The molecule has 0 aliphatic rings. The minimum Gasteiger partial charge on any atom is -0.390 e. The fraction of sp³-hybridized carbons (Fsp3) is 0.333. The molecule has 0 saturated heterocycles. The quantitative estimate of drug-likeness (QED) is 0.894. The van der Waals surface area contributed by atoms with Crippen molar-refractivity contribution in [2.45, 2.75) is 12.0 Å². The smallest absolute Gasteiger partial charge is 0.289 e. The molecule has 0 unspecified atom stereocenters. The van der Waals surface area contributed by atoms with Crippen LogP contribution >= 0.6 is 15.9 Å². The maximum absolute atomic E-state index is 13.0. The van der Waals surface area contributed by atoms with Crippen molar-refractivity contribution in [3.05, 3.63) is 34.1 Å². The maximum atomic E-state index is 13.0. The van der Waals surface area contributed by atoms with Crippen molar-refractivity contribution in [2.75, 3.05) is 6.61 Å². The average molecular weight is 284 g/mol. The van der Waals surface area contributed by atoms with Crippen molar-refractivity contribution in [1.29, 1.82) is 0 Å². The van der Waals surface area contributed by atoms with E-state index < -0.39 is 24.4 Å². The van der Waals surface area contributed by atoms with Gasteiger partial charge in [-0.15, -0.1) is 0 Å². The van der Waals surface area contributed by atoms with Crippen LogP contribution in [0.5, 0.6) is 0 Å². The predicted molar refractivity (Wildman–Crippen MR) is 53.1 cm³/mol. The van der Waals surface area contributed by atoms with Crippen molar-refractivity contribution in [3.63, 3.8) is 0 Å². The summed E-state index contributed by atoms with van der Waals surface area (Å²) in [6.07, 6.45) is 0. The number of rotatable bonds is 3. The molecule has 6 heteroatoms. The minimum absolute atomic E-state index is 0.0513. The number of aliphatic hydroxyl groups is 1. The zero-order valence-electron chi connectivity index (χ0n) is 7.55. The van der Waals surface area contributed by atoms with Gasteiger partial charge in [-0.1, -0.05) is 22.0 Å². The Labute approximate surface area is 93.0 Å². The number of halogens is 4. The van der Waals surface area contributed by atoms with Gasteiger partial charge in [-0.2, -0.15) is 0 Å². The standard InChI is InChI=1S/C9H9BrF3NO/c10-7-3-5(11)1-2-6(7)8(14)9(12,13)4-15/h1-3,8,15H,4,14H2/t8-/m0/s1. The Kier molecular flexibility index (Phi) is 3.75. The van der Waals surface area contributed by atoms with Crippen molar-refractivity contribution in [1.82, 2.24) is 0 Å². The molecule has 0 bridgehead atoms. The number of aliphatic hydroxyl groups excluding tert-OH is 1. The molecule has 0 aliphatic heterocycles. The Bertz CT molecular complexity index is 359. The summed E-state index contributed by atoms with van der Waals surface area (Å²) in [5, 5.41) is 8.45. The van der Waals surface area contributed by atoms with Crippen LogP contribution in [0.15, 0.2) is 22.7 Å². The molecule has 0 amide bonds. The third-order valence-electron chi connectivity index (χ3n) is 1.96. The van der Waals surface area contributed by atoms with E-state index >= 15 is 0 Å². The molecule has 0 saturated carbocycles. The monoisotopic (exact) mass is 283 g/mol. The van der Waals surface area contributed by atoms with Crippen LogP contribution in [0.3, 0.4) is 0 Å². The second-order valence-corrected chi connectivity index (χ2v) is 3.92. The van der Waals surface area contributed by atoms with E-state index in [-0.39, 0.29) is 10.0 Å². The molecule has 84 valence electrons. The van der Waals surface area contributed by atoms with Gasteiger partial charge >= 0.3 is 0 Å². The predicted octanol–water partition coefficient (Wildman–Crippen LogP) is 2.22. The molecule has 3 N–H and O–H groups in total. The molecule has 1 aromatic rings. The Hall–Kier alpha value is -0.590. The van der Waals surface area contributed by atoms with Gasteiger partial charge in [0.1, 0.15) is 12.4 Å². The van der Waals surface area contributed by atoms with Crippen LogP contribution in [0.2, 0.25) is 0 Å². The van der Waals surface area contributed by atoms with E-state index in [0.29, 0.717) is 0 Å². The summed E-state index contributed by atoms with van der Waals surface area (Å²) in [7, 11) is 0. The molecule has 0 spiro atoms. The largest absolute Gasteiger partial charge is 0.390 e. The first-order valence-electron chi connectivity index (χ1n) is 4.07. The summed E-state index contributed by atoms with van der Waals surface area (Å²) in [5.41, 5.74) is 5.32. The fourth-order valence-corrected chi connectivity index (χ4v) is 1.68. The lowest BCUT2D eigenvalue weighted by atomic mass is 10.0. The molecule has 0 aromatic heterocycles. The second kappa shape index (κ2) is 4.51. The van der Waals surface area contributed by atoms with Gasteiger partial charge in [-0.05, 0) is 17.7 Å². The molecule has 2 nitrogen and oxygen atoms in total. The topological polar surface area (TPSA) is 46.2 Å². The third kappa shape index (κ3) is 2.70. The van der Waals surface area contributed by atoms with Gasteiger partial charge < -0.3 is 10.8 Å². The van der Waals surface area contributed by atoms with Crippen LogP contribution in [0.25, 0.3) is 0 Å². The normalized spacial score (nSPS) is 14.0. The van der Waals surface area contributed by atoms with Crippen molar-refractivity contribution >= 4 is 15.9 Å². The zero-order chi connectivity index (χ0) is 11.6. The van der Waals surface area contributed by atoms with E-state index in [4.69, 9.17) is 10.8 Å². The Balaban J connectivity index is 3.06. The van der Waals surface area contributed by atoms with Crippen LogP contribution in [0, 0.1) is 5.82 Å². The Morgan fingerprint density at radius 1 is 1.47 bits per heavy atom. The summed E-state index contributed by atoms with van der Waals surface area (Å²) in [5.74, 6) is -3.98. The van der Waals surface area contributed by atoms with E-state index in [1.54, 1.807) is 0 Å². The first kappa shape index (κ1) is 12.5. The summed E-state index contributed by atoms with van der Waals surface area (Å²) < 4.78 is 38.9. The van der Waals surface area contributed by atoms with Gasteiger partial charge in [0, 0.05) is 4.47 Å². The van der Waals surface area contributed by atoms with Crippen LogP contribution in [-0.4, -0.2) is 17.6 Å². The van der Waals surface area contributed by atoms with Crippen molar-refractivity contribution in [2.24, 2.45) is 5.73 Å². The molecule has 0 heterocycles. The fourth-order valence-electron chi connectivity index (χ4n) is 1.08. The van der Waals surface area contributed by atoms with Gasteiger partial charge in [0.15, 0.2) is 0 Å². The summed E-state index contributed by atoms with van der Waals surface area (Å²) in [6.45, 7) is -1.35. The van der Waals surface area contributed by atoms with Crippen LogP contribution in [-0.2, 0) is 0 Å². The average Bonchev–Trinajstić information content (AvgIpc) is 2.17. The van der Waals surface area contributed by atoms with Crippen LogP contribution in [0.4, 0.5) is 13.2 Å². The molecule has 1 aromatic carbocycles. The van der Waals surface area contributed by atoms with Crippen LogP contribution in [0.1, 0.15) is 11.6 Å². The van der Waals surface area contributed by atoms with E-state index in [0.717, 1.165) is 18.2 Å². The number of nitrogens with two attached hydrogens (primary N) is 1. The number of alkyl halides is 2. The van der Waals surface area contributed by atoms with Crippen LogP contribution < -0.4 is 5.73 Å². The Morgan fingerprint density at radius 2 is 2.07 bits per heavy atom. The number of hydrogen-bond acceptors (Lipinski definition) is 2. The summed E-state index contributed by atoms with van der Waals surface area (Å²) >= 11 is 2.93. The molecule has 15 heavy (non-hydrogen) atoms. The number of benzene rings is 1. The van der Waals surface area contributed by atoms with E-state index in [9.17, 15) is 13.2 Å². The highest BCUT2D eigenvalue weighted by atomic mass is 79.9. The van der Waals surface area contributed by atoms with Gasteiger partial charge in [-0.25, -0.2) is 13.2 Å². The highest BCUT2D eigenvalue weighted by Crippen LogP contribution is 2.33. The van der Waals surface area contributed by atoms with Gasteiger partial charge in [0.2, 0.25) is 0 Å². The Morgan fingerprint density at radius 3 is 2.53 bits per heavy atom. The molecule has 0 fully saturated rings. The summed E-state index contributed by atoms with van der Waals surface area (Å²) in [4.78, 5) is 0. The second-order valence-electron chi connectivity index (χ2n) is 3.06. The molecule has 1 atom stereocenters. The first-order valence-corrected chi connectivity index (χ1v) is 4.87. The zero-order valence-corrected chi connectivity index (χ0v) is 9.14. The van der Waals surface area contributed by atoms with Gasteiger partial charge in [0.25, 0.3) is 5.92 Å². The lowest BCUT2D eigenvalue weighted by Gasteiger charge is -2.22. The number of hydrogen-bond donors (Lipinski definition) is 2. The maximum Gasteiger partial charge on any atom is 0.289 e. The van der Waals surface area contributed by atoms with E-state index in [2.05, 4.69) is 15.9 Å². The molecule has 0 aliphatic carbocycles. The minimum atomic E-state index is -3.43.